The van der Waals surface area contributed by atoms with Gasteiger partial charge in [0.05, 0.1) is 12.1 Å². The zero-order valence-corrected chi connectivity index (χ0v) is 13.5. The van der Waals surface area contributed by atoms with Gasteiger partial charge < -0.3 is 19.9 Å². The molecule has 0 bridgehead atoms. The highest BCUT2D eigenvalue weighted by Gasteiger charge is 2.30. The Morgan fingerprint density at radius 2 is 2.00 bits per heavy atom. The smallest absolute Gasteiger partial charge is 0.205 e. The SMILES string of the molecule is [B]C(O)(CNC(C)(C)C)c1ccc2c(c1)COC(C)(C)O2. The molecule has 1 unspecified atom stereocenters. The summed E-state index contributed by atoms with van der Waals surface area (Å²) >= 11 is 0. The summed E-state index contributed by atoms with van der Waals surface area (Å²) in [6, 6.07) is 5.48. The molecule has 1 aromatic rings. The van der Waals surface area contributed by atoms with E-state index in [-0.39, 0.29) is 12.1 Å². The maximum Gasteiger partial charge on any atom is 0.205 e. The van der Waals surface area contributed by atoms with Crippen LogP contribution in [0.2, 0.25) is 0 Å². The number of hydrogen-bond acceptors (Lipinski definition) is 4. The lowest BCUT2D eigenvalue weighted by molar-refractivity contribution is -0.180. The molecule has 0 aromatic heterocycles. The second-order valence-corrected chi connectivity index (χ2v) is 7.14. The van der Waals surface area contributed by atoms with E-state index >= 15 is 0 Å². The highest BCUT2D eigenvalue weighted by atomic mass is 16.7. The van der Waals surface area contributed by atoms with Crippen LogP contribution in [0.3, 0.4) is 0 Å². The monoisotopic (exact) mass is 289 g/mol. The van der Waals surface area contributed by atoms with E-state index in [2.05, 4.69) is 5.32 Å². The lowest BCUT2D eigenvalue weighted by atomic mass is 9.74. The van der Waals surface area contributed by atoms with Crippen molar-refractivity contribution in [3.8, 4) is 5.75 Å². The Bertz CT molecular complexity index is 521. The molecule has 2 N–H and O–H groups in total. The van der Waals surface area contributed by atoms with E-state index in [0.29, 0.717) is 12.2 Å². The predicted molar refractivity (Wildman–Crippen MR) is 83.3 cm³/mol. The third-order valence-electron chi connectivity index (χ3n) is 3.38. The average molecular weight is 289 g/mol. The summed E-state index contributed by atoms with van der Waals surface area (Å²) in [4.78, 5) is 0. The Hall–Kier alpha value is -1.04. The molecule has 0 aliphatic carbocycles. The van der Waals surface area contributed by atoms with Crippen LogP contribution in [0.1, 0.15) is 45.7 Å². The van der Waals surface area contributed by atoms with Gasteiger partial charge in [0.15, 0.2) is 0 Å². The van der Waals surface area contributed by atoms with E-state index in [1.807, 2.05) is 46.8 Å². The Balaban J connectivity index is 2.18. The summed E-state index contributed by atoms with van der Waals surface area (Å²) in [6.45, 7) is 10.5. The molecule has 1 aromatic carbocycles. The van der Waals surface area contributed by atoms with Crippen LogP contribution in [0.25, 0.3) is 0 Å². The topological polar surface area (TPSA) is 50.7 Å². The number of nitrogens with one attached hydrogen (secondary N) is 1. The van der Waals surface area contributed by atoms with Gasteiger partial charge in [0.2, 0.25) is 5.79 Å². The molecule has 1 aliphatic rings. The molecule has 1 heterocycles. The fourth-order valence-corrected chi connectivity index (χ4v) is 2.11. The molecule has 1 aliphatic heterocycles. The molecule has 2 radical (unpaired) electrons. The number of hydrogen-bond donors (Lipinski definition) is 2. The molecule has 21 heavy (non-hydrogen) atoms. The molecular weight excluding hydrogens is 265 g/mol. The van der Waals surface area contributed by atoms with Gasteiger partial charge in [0.1, 0.15) is 13.6 Å². The maximum atomic E-state index is 10.5. The molecular formula is C16H24BNO3. The van der Waals surface area contributed by atoms with Gasteiger partial charge in [-0.05, 0) is 38.5 Å². The van der Waals surface area contributed by atoms with Crippen LogP contribution < -0.4 is 10.1 Å². The standard InChI is InChI=1S/C16H24BNO3/c1-14(2,3)18-10-16(17,19)12-6-7-13-11(8-12)9-20-15(4,5)21-13/h6-8,18-19H,9-10H2,1-5H3. The minimum absolute atomic E-state index is 0.113. The summed E-state index contributed by atoms with van der Waals surface area (Å²) in [7, 11) is 6.04. The van der Waals surface area contributed by atoms with E-state index in [4.69, 9.17) is 17.3 Å². The summed E-state index contributed by atoms with van der Waals surface area (Å²) in [5, 5.41) is 13.7. The second-order valence-electron chi connectivity index (χ2n) is 7.14. The second kappa shape index (κ2) is 5.31. The van der Waals surface area contributed by atoms with E-state index in [9.17, 15) is 5.11 Å². The van der Waals surface area contributed by atoms with Crippen LogP contribution in [0.5, 0.6) is 5.75 Å². The third-order valence-corrected chi connectivity index (χ3v) is 3.38. The lowest BCUT2D eigenvalue weighted by Crippen LogP contribution is -2.46. The Morgan fingerprint density at radius 1 is 1.33 bits per heavy atom. The average Bonchev–Trinajstić information content (AvgIpc) is 2.34. The number of ether oxygens (including phenoxy) is 2. The lowest BCUT2D eigenvalue weighted by Gasteiger charge is -2.34. The van der Waals surface area contributed by atoms with Gasteiger partial charge in [-0.2, -0.15) is 0 Å². The van der Waals surface area contributed by atoms with Gasteiger partial charge in [-0.1, -0.05) is 6.07 Å². The van der Waals surface area contributed by atoms with Gasteiger partial charge in [-0.3, -0.25) is 0 Å². The first-order valence-corrected chi connectivity index (χ1v) is 7.21. The van der Waals surface area contributed by atoms with E-state index in [1.54, 1.807) is 6.07 Å². The van der Waals surface area contributed by atoms with Crippen LogP contribution in [-0.4, -0.2) is 30.8 Å². The van der Waals surface area contributed by atoms with Gasteiger partial charge in [-0.25, -0.2) is 0 Å². The van der Waals surface area contributed by atoms with Crippen molar-refractivity contribution >= 4 is 7.85 Å². The van der Waals surface area contributed by atoms with Crippen molar-refractivity contribution in [2.45, 2.75) is 58.1 Å². The highest BCUT2D eigenvalue weighted by molar-refractivity contribution is 6.14. The molecule has 0 spiro atoms. The number of β-amino-alcohol motifs (C(OH)–C–C–N with tert-alkyl or cyclic N) is 1. The number of rotatable bonds is 3. The van der Waals surface area contributed by atoms with E-state index in [1.165, 1.54) is 0 Å². The number of benzene rings is 1. The Kier molecular flexibility index (Phi) is 4.13. The first-order valence-electron chi connectivity index (χ1n) is 7.21. The van der Waals surface area contributed by atoms with Gasteiger partial charge in [-0.15, -0.1) is 0 Å². The zero-order valence-electron chi connectivity index (χ0n) is 13.5. The predicted octanol–water partition coefficient (Wildman–Crippen LogP) is 2.03. The fraction of sp³-hybridized carbons (Fsp3) is 0.625. The van der Waals surface area contributed by atoms with E-state index in [0.717, 1.165) is 11.3 Å². The van der Waals surface area contributed by atoms with Crippen molar-refractivity contribution in [2.24, 2.45) is 0 Å². The van der Waals surface area contributed by atoms with E-state index < -0.39 is 11.3 Å². The van der Waals surface area contributed by atoms with Crippen LogP contribution in [0, 0.1) is 0 Å². The molecule has 0 fully saturated rings. The minimum Gasteiger partial charge on any atom is -0.463 e. The van der Waals surface area contributed by atoms with Crippen molar-refractivity contribution in [3.05, 3.63) is 29.3 Å². The molecule has 0 saturated heterocycles. The Morgan fingerprint density at radius 3 is 2.62 bits per heavy atom. The van der Waals surface area contributed by atoms with Crippen LogP contribution >= 0.6 is 0 Å². The molecule has 0 saturated carbocycles. The summed E-state index contributed by atoms with van der Waals surface area (Å²) < 4.78 is 11.4. The Labute approximate surface area is 128 Å². The van der Waals surface area contributed by atoms with Gasteiger partial charge in [0, 0.05) is 31.5 Å². The highest BCUT2D eigenvalue weighted by Crippen LogP contribution is 2.33. The largest absolute Gasteiger partial charge is 0.463 e. The van der Waals surface area contributed by atoms with Crippen LogP contribution in [0.4, 0.5) is 0 Å². The molecule has 1 atom stereocenters. The molecule has 0 amide bonds. The summed E-state index contributed by atoms with van der Waals surface area (Å²) in [5.41, 5.74) is -0.0102. The maximum absolute atomic E-state index is 10.5. The van der Waals surface area contributed by atoms with Crippen LogP contribution in [0.15, 0.2) is 18.2 Å². The minimum atomic E-state index is -1.44. The van der Waals surface area contributed by atoms with Crippen molar-refractivity contribution in [3.63, 3.8) is 0 Å². The fourth-order valence-electron chi connectivity index (χ4n) is 2.11. The third kappa shape index (κ3) is 4.22. The molecule has 4 nitrogen and oxygen atoms in total. The molecule has 2 rings (SSSR count). The normalized spacial score (nSPS) is 20.3. The number of aliphatic hydroxyl groups is 1. The van der Waals surface area contributed by atoms with Crippen molar-refractivity contribution in [2.75, 3.05) is 6.54 Å². The zero-order chi connectivity index (χ0) is 15.9. The van der Waals surface area contributed by atoms with Crippen molar-refractivity contribution in [1.29, 1.82) is 0 Å². The van der Waals surface area contributed by atoms with Crippen LogP contribution in [-0.2, 0) is 16.8 Å². The van der Waals surface area contributed by atoms with Crippen molar-refractivity contribution < 1.29 is 14.6 Å². The molecule has 5 heteroatoms. The molecule has 114 valence electrons. The van der Waals surface area contributed by atoms with Gasteiger partial charge in [0.25, 0.3) is 0 Å². The van der Waals surface area contributed by atoms with Crippen molar-refractivity contribution in [1.82, 2.24) is 5.32 Å². The first-order chi connectivity index (χ1) is 9.49. The van der Waals surface area contributed by atoms with Gasteiger partial charge >= 0.3 is 0 Å². The summed E-state index contributed by atoms with van der Waals surface area (Å²) in [6.07, 6.45) is 0. The number of fused-ring (bicyclic) bond motifs is 1. The summed E-state index contributed by atoms with van der Waals surface area (Å²) in [5.74, 6) is 0.149. The quantitative estimate of drug-likeness (QED) is 0.836. The first kappa shape index (κ1) is 16.3.